The normalized spacial score (nSPS) is 20.4. The van der Waals surface area contributed by atoms with Crippen LogP contribution in [0.15, 0.2) is 65.6 Å². The van der Waals surface area contributed by atoms with Gasteiger partial charge in [-0.15, -0.1) is 11.8 Å². The van der Waals surface area contributed by atoms with Crippen molar-refractivity contribution in [2.24, 2.45) is 0 Å². The van der Waals surface area contributed by atoms with E-state index in [2.05, 4.69) is 17.0 Å². The Morgan fingerprint density at radius 3 is 2.35 bits per heavy atom. The number of phenols is 2. The van der Waals surface area contributed by atoms with E-state index in [9.17, 15) is 10.2 Å². The first-order chi connectivity index (χ1) is 16.6. The van der Waals surface area contributed by atoms with Crippen LogP contribution >= 0.6 is 11.8 Å². The van der Waals surface area contributed by atoms with Gasteiger partial charge >= 0.3 is 0 Å². The minimum Gasteiger partial charge on any atom is -0.508 e. The van der Waals surface area contributed by atoms with Gasteiger partial charge < -0.3 is 19.7 Å². The van der Waals surface area contributed by atoms with Crippen LogP contribution in [0.1, 0.15) is 47.3 Å². The molecule has 1 fully saturated rings. The van der Waals surface area contributed by atoms with Gasteiger partial charge in [0.25, 0.3) is 0 Å². The highest BCUT2D eigenvalue weighted by atomic mass is 32.2. The molecule has 5 nitrogen and oxygen atoms in total. The zero-order chi connectivity index (χ0) is 23.5. The van der Waals surface area contributed by atoms with Crippen molar-refractivity contribution >= 4 is 11.8 Å². The number of rotatable bonds is 6. The fraction of sp³-hybridized carbons (Fsp3) is 0.357. The predicted octanol–water partition coefficient (Wildman–Crippen LogP) is 6.24. The lowest BCUT2D eigenvalue weighted by Crippen LogP contribution is -2.33. The van der Waals surface area contributed by atoms with Crippen molar-refractivity contribution in [3.63, 3.8) is 0 Å². The number of benzene rings is 3. The maximum absolute atomic E-state index is 10.1. The summed E-state index contributed by atoms with van der Waals surface area (Å²) in [5.41, 5.74) is 3.10. The number of hydrogen-bond donors (Lipinski definition) is 2. The summed E-state index contributed by atoms with van der Waals surface area (Å²) in [4.78, 5) is 3.51. The molecule has 0 spiro atoms. The first kappa shape index (κ1) is 22.9. The smallest absolute Gasteiger partial charge is 0.140 e. The van der Waals surface area contributed by atoms with E-state index in [4.69, 9.17) is 9.47 Å². The number of likely N-dealkylation sites (tertiary alicyclic amines) is 1. The maximum atomic E-state index is 10.1. The highest BCUT2D eigenvalue weighted by molar-refractivity contribution is 7.99. The summed E-state index contributed by atoms with van der Waals surface area (Å²) in [7, 11) is 0. The zero-order valence-electron chi connectivity index (χ0n) is 19.4. The molecular formula is C28H31NO4S. The quantitative estimate of drug-likeness (QED) is 0.438. The van der Waals surface area contributed by atoms with Crippen molar-refractivity contribution < 1.29 is 19.7 Å². The van der Waals surface area contributed by atoms with E-state index in [0.717, 1.165) is 33.9 Å². The topological polar surface area (TPSA) is 62.2 Å². The van der Waals surface area contributed by atoms with E-state index in [0.29, 0.717) is 12.4 Å². The first-order valence-corrected chi connectivity index (χ1v) is 12.9. The fourth-order valence-electron chi connectivity index (χ4n) is 4.73. The molecule has 0 aromatic heterocycles. The van der Waals surface area contributed by atoms with Crippen LogP contribution in [0.4, 0.5) is 0 Å². The van der Waals surface area contributed by atoms with Gasteiger partial charge in [-0.05, 0) is 79.9 Å². The average molecular weight is 478 g/mol. The summed E-state index contributed by atoms with van der Waals surface area (Å²) in [6.07, 6.45) is 3.67. The third kappa shape index (κ3) is 5.13. The van der Waals surface area contributed by atoms with Crippen LogP contribution in [-0.4, -0.2) is 41.4 Å². The molecule has 6 heteroatoms. The van der Waals surface area contributed by atoms with Crippen molar-refractivity contribution in [2.75, 3.05) is 26.2 Å². The molecule has 1 unspecified atom stereocenters. The second-order valence-corrected chi connectivity index (χ2v) is 10.2. The lowest BCUT2D eigenvalue weighted by Gasteiger charge is -2.34. The van der Waals surface area contributed by atoms with E-state index in [1.807, 2.05) is 31.2 Å². The second kappa shape index (κ2) is 10.2. The van der Waals surface area contributed by atoms with Crippen LogP contribution < -0.4 is 9.47 Å². The molecule has 0 bridgehead atoms. The molecule has 5 rings (SSSR count). The largest absolute Gasteiger partial charge is 0.508 e. The third-order valence-electron chi connectivity index (χ3n) is 6.55. The molecule has 0 aliphatic carbocycles. The summed E-state index contributed by atoms with van der Waals surface area (Å²) in [6.45, 7) is 5.99. The first-order valence-electron chi connectivity index (χ1n) is 12.0. The van der Waals surface area contributed by atoms with E-state index < -0.39 is 0 Å². The molecule has 2 atom stereocenters. The third-order valence-corrected chi connectivity index (χ3v) is 8.09. The van der Waals surface area contributed by atoms with Gasteiger partial charge in [0.05, 0.1) is 10.1 Å². The fourth-order valence-corrected chi connectivity index (χ4v) is 6.08. The van der Waals surface area contributed by atoms with Crippen LogP contribution in [0.25, 0.3) is 0 Å². The molecule has 34 heavy (non-hydrogen) atoms. The molecule has 0 saturated carbocycles. The molecule has 2 N–H and O–H groups in total. The Morgan fingerprint density at radius 2 is 1.62 bits per heavy atom. The van der Waals surface area contributed by atoms with E-state index in [1.54, 1.807) is 36.0 Å². The Morgan fingerprint density at radius 1 is 0.912 bits per heavy atom. The molecule has 2 heterocycles. The Hall–Kier alpha value is -2.83. The molecule has 3 aromatic rings. The summed E-state index contributed by atoms with van der Waals surface area (Å²) in [5, 5.41) is 19.9. The van der Waals surface area contributed by atoms with E-state index >= 15 is 0 Å². The SMILES string of the molecule is Cc1cc(O)cc2c1SC(c1ccc(O)cc1)[C@@H](c1ccc(OCCN3CCCCC3)cc1)O2. The molecule has 0 radical (unpaired) electrons. The lowest BCUT2D eigenvalue weighted by molar-refractivity contribution is 0.182. The number of aromatic hydroxyl groups is 2. The summed E-state index contributed by atoms with van der Waals surface area (Å²) >= 11 is 1.73. The minimum atomic E-state index is -0.245. The van der Waals surface area contributed by atoms with Gasteiger partial charge in [0, 0.05) is 12.6 Å². The monoisotopic (exact) mass is 477 g/mol. The number of nitrogens with zero attached hydrogens (tertiary/aromatic N) is 1. The Labute approximate surface area is 205 Å². The molecule has 1 saturated heterocycles. The van der Waals surface area contributed by atoms with Crippen LogP contribution in [0.2, 0.25) is 0 Å². The zero-order valence-corrected chi connectivity index (χ0v) is 20.3. The second-order valence-electron chi connectivity index (χ2n) is 9.08. The van der Waals surface area contributed by atoms with Crippen LogP contribution in [0.5, 0.6) is 23.0 Å². The number of aryl methyl sites for hydroxylation is 1. The van der Waals surface area contributed by atoms with Gasteiger partial charge in [-0.3, -0.25) is 4.90 Å². The summed E-state index contributed by atoms with van der Waals surface area (Å²) in [5.74, 6) is 2.01. The van der Waals surface area contributed by atoms with Gasteiger partial charge in [-0.1, -0.05) is 30.7 Å². The van der Waals surface area contributed by atoms with Crippen LogP contribution in [-0.2, 0) is 0 Å². The number of phenolic OH excluding ortho intramolecular Hbond substituents is 2. The van der Waals surface area contributed by atoms with Crippen molar-refractivity contribution in [2.45, 2.75) is 42.4 Å². The molecule has 2 aliphatic rings. The Kier molecular flexibility index (Phi) is 6.88. The van der Waals surface area contributed by atoms with E-state index in [-0.39, 0.29) is 22.9 Å². The Balaban J connectivity index is 1.35. The lowest BCUT2D eigenvalue weighted by atomic mass is 9.99. The number of piperidine rings is 1. The van der Waals surface area contributed by atoms with Crippen molar-refractivity contribution in [1.29, 1.82) is 0 Å². The van der Waals surface area contributed by atoms with Gasteiger partial charge in [-0.25, -0.2) is 0 Å². The predicted molar refractivity (Wildman–Crippen MR) is 135 cm³/mol. The Bertz CT molecular complexity index is 1110. The minimum absolute atomic E-state index is 0.00205. The van der Waals surface area contributed by atoms with Gasteiger partial charge in [-0.2, -0.15) is 0 Å². The maximum Gasteiger partial charge on any atom is 0.140 e. The standard InChI is InChI=1S/C28H31NO4S/c1-19-17-23(31)18-25-27(19)34-28(21-5-9-22(30)10-6-21)26(33-25)20-7-11-24(12-8-20)32-16-15-29-13-3-2-4-14-29/h5-12,17-18,26,28,30-31H,2-4,13-16H2,1H3/t26-,28?/m1/s1. The summed E-state index contributed by atoms with van der Waals surface area (Å²) in [6, 6.07) is 18.9. The number of fused-ring (bicyclic) bond motifs is 1. The molecular weight excluding hydrogens is 446 g/mol. The van der Waals surface area contributed by atoms with Crippen molar-refractivity contribution in [3.05, 3.63) is 77.4 Å². The molecule has 0 amide bonds. The number of thioether (sulfide) groups is 1. The number of ether oxygens (including phenoxy) is 2. The van der Waals surface area contributed by atoms with Crippen molar-refractivity contribution in [3.8, 4) is 23.0 Å². The van der Waals surface area contributed by atoms with Gasteiger partial charge in [0.15, 0.2) is 0 Å². The average Bonchev–Trinajstić information content (AvgIpc) is 2.85. The van der Waals surface area contributed by atoms with Gasteiger partial charge in [0.2, 0.25) is 0 Å². The summed E-state index contributed by atoms with van der Waals surface area (Å²) < 4.78 is 12.5. The van der Waals surface area contributed by atoms with Crippen LogP contribution in [0, 0.1) is 6.92 Å². The highest BCUT2D eigenvalue weighted by Gasteiger charge is 2.34. The molecule has 178 valence electrons. The highest BCUT2D eigenvalue weighted by Crippen LogP contribution is 2.55. The van der Waals surface area contributed by atoms with E-state index in [1.165, 1.54) is 32.4 Å². The molecule has 3 aromatic carbocycles. The number of hydrogen-bond acceptors (Lipinski definition) is 6. The van der Waals surface area contributed by atoms with Crippen molar-refractivity contribution in [1.82, 2.24) is 4.90 Å². The van der Waals surface area contributed by atoms with Crippen LogP contribution in [0.3, 0.4) is 0 Å². The van der Waals surface area contributed by atoms with Gasteiger partial charge in [0.1, 0.15) is 35.7 Å². The molecule has 2 aliphatic heterocycles.